The lowest BCUT2D eigenvalue weighted by molar-refractivity contribution is 0.402. The van der Waals surface area contributed by atoms with Gasteiger partial charge in [0, 0.05) is 26.7 Å². The van der Waals surface area contributed by atoms with Gasteiger partial charge in [-0.3, -0.25) is 0 Å². The second-order valence-electron chi connectivity index (χ2n) is 6.08. The molecule has 0 unspecified atom stereocenters. The number of rotatable bonds is 9. The Kier molecular flexibility index (Phi) is 12.6. The second-order valence-corrected chi connectivity index (χ2v) is 6.08. The summed E-state index contributed by atoms with van der Waals surface area (Å²) in [6.07, 6.45) is 4.10. The first kappa shape index (κ1) is 22.9. The number of unbranched alkanes of at least 4 members (excludes halogenated alkanes) is 1. The third kappa shape index (κ3) is 9.27. The molecule has 5 heteroatoms. The van der Waals surface area contributed by atoms with E-state index >= 15 is 0 Å². The molecule has 0 saturated heterocycles. The van der Waals surface area contributed by atoms with E-state index in [0.717, 1.165) is 38.4 Å². The number of hydrogen-bond donors (Lipinski definition) is 1. The molecule has 1 aromatic carbocycles. The molecule has 1 aromatic rings. The van der Waals surface area contributed by atoms with Gasteiger partial charge in [0.2, 0.25) is 0 Å². The molecule has 0 bridgehead atoms. The minimum atomic E-state index is 0. The van der Waals surface area contributed by atoms with Crippen molar-refractivity contribution in [2.24, 2.45) is 4.99 Å². The summed E-state index contributed by atoms with van der Waals surface area (Å²) in [7, 11) is 6.27. The zero-order valence-electron chi connectivity index (χ0n) is 15.6. The highest BCUT2D eigenvalue weighted by Crippen LogP contribution is 2.08. The van der Waals surface area contributed by atoms with Crippen LogP contribution in [0.2, 0.25) is 0 Å². The lowest BCUT2D eigenvalue weighted by Gasteiger charge is -2.21. The van der Waals surface area contributed by atoms with Crippen molar-refractivity contribution in [3.63, 3.8) is 0 Å². The first-order valence-corrected chi connectivity index (χ1v) is 8.39. The fourth-order valence-corrected chi connectivity index (χ4v) is 2.41. The Morgan fingerprint density at radius 1 is 1.25 bits per heavy atom. The van der Waals surface area contributed by atoms with Crippen LogP contribution in [-0.4, -0.2) is 50.0 Å². The standard InChI is InChI=1S/C19H32N4.HI/c1-6-8-9-13-23(5)19(20-7-2)21-15-17-11-10-12-18(14-17)16-22(3)4;/h6,10-12,14H,1,7-9,13,15-16H2,2-5H3,(H,20,21);1H. The van der Waals surface area contributed by atoms with Crippen molar-refractivity contribution in [2.45, 2.75) is 32.9 Å². The van der Waals surface area contributed by atoms with Gasteiger partial charge < -0.3 is 15.1 Å². The van der Waals surface area contributed by atoms with Crippen molar-refractivity contribution < 1.29 is 0 Å². The number of nitrogens with one attached hydrogen (secondary N) is 1. The van der Waals surface area contributed by atoms with E-state index in [1.54, 1.807) is 0 Å². The van der Waals surface area contributed by atoms with Gasteiger partial charge in [-0.2, -0.15) is 0 Å². The number of benzene rings is 1. The quantitative estimate of drug-likeness (QED) is 0.207. The van der Waals surface area contributed by atoms with Gasteiger partial charge in [-0.25, -0.2) is 4.99 Å². The fraction of sp³-hybridized carbons (Fsp3) is 0.526. The highest BCUT2D eigenvalue weighted by molar-refractivity contribution is 14.0. The molecule has 24 heavy (non-hydrogen) atoms. The Balaban J connectivity index is 0.00000529. The third-order valence-electron chi connectivity index (χ3n) is 3.50. The van der Waals surface area contributed by atoms with Gasteiger partial charge in [-0.15, -0.1) is 30.6 Å². The zero-order valence-corrected chi connectivity index (χ0v) is 17.9. The molecule has 0 aliphatic carbocycles. The van der Waals surface area contributed by atoms with Crippen molar-refractivity contribution in [2.75, 3.05) is 34.2 Å². The Hall–Kier alpha value is -1.08. The predicted molar refractivity (Wildman–Crippen MR) is 116 cm³/mol. The van der Waals surface area contributed by atoms with E-state index in [4.69, 9.17) is 4.99 Å². The predicted octanol–water partition coefficient (Wildman–Crippen LogP) is 3.73. The first-order chi connectivity index (χ1) is 11.1. The van der Waals surface area contributed by atoms with Crippen LogP contribution in [0.3, 0.4) is 0 Å². The minimum absolute atomic E-state index is 0. The van der Waals surface area contributed by atoms with Crippen molar-refractivity contribution >= 4 is 29.9 Å². The van der Waals surface area contributed by atoms with E-state index in [2.05, 4.69) is 74.0 Å². The Labute approximate surface area is 165 Å². The van der Waals surface area contributed by atoms with Crippen molar-refractivity contribution in [1.82, 2.24) is 15.1 Å². The zero-order chi connectivity index (χ0) is 17.1. The van der Waals surface area contributed by atoms with Gasteiger partial charge >= 0.3 is 0 Å². The molecule has 0 fully saturated rings. The maximum atomic E-state index is 4.77. The lowest BCUT2D eigenvalue weighted by Crippen LogP contribution is -2.39. The Bertz CT molecular complexity index is 500. The summed E-state index contributed by atoms with van der Waals surface area (Å²) in [4.78, 5) is 9.15. The average Bonchev–Trinajstić information content (AvgIpc) is 2.51. The van der Waals surface area contributed by atoms with Gasteiger partial charge in [0.15, 0.2) is 5.96 Å². The molecule has 4 nitrogen and oxygen atoms in total. The number of hydrogen-bond acceptors (Lipinski definition) is 2. The Morgan fingerprint density at radius 3 is 2.58 bits per heavy atom. The summed E-state index contributed by atoms with van der Waals surface area (Å²) < 4.78 is 0. The third-order valence-corrected chi connectivity index (χ3v) is 3.50. The molecule has 0 aliphatic heterocycles. The number of aliphatic imine (C=N–C) groups is 1. The topological polar surface area (TPSA) is 30.9 Å². The van der Waals surface area contributed by atoms with Crippen LogP contribution in [0, 0.1) is 0 Å². The van der Waals surface area contributed by atoms with E-state index in [0.29, 0.717) is 6.54 Å². The van der Waals surface area contributed by atoms with Gasteiger partial charge in [-0.05, 0) is 45.0 Å². The van der Waals surface area contributed by atoms with Crippen LogP contribution in [0.25, 0.3) is 0 Å². The van der Waals surface area contributed by atoms with Crippen LogP contribution in [-0.2, 0) is 13.1 Å². The largest absolute Gasteiger partial charge is 0.357 e. The van der Waals surface area contributed by atoms with E-state index in [1.165, 1.54) is 11.1 Å². The van der Waals surface area contributed by atoms with Crippen LogP contribution in [0.1, 0.15) is 30.9 Å². The smallest absolute Gasteiger partial charge is 0.193 e. The van der Waals surface area contributed by atoms with E-state index in [1.807, 2.05) is 6.08 Å². The maximum absolute atomic E-state index is 4.77. The summed E-state index contributed by atoms with van der Waals surface area (Å²) in [6.45, 7) is 9.40. The fourth-order valence-electron chi connectivity index (χ4n) is 2.41. The molecule has 0 saturated carbocycles. The van der Waals surface area contributed by atoms with Crippen LogP contribution in [0.4, 0.5) is 0 Å². The SMILES string of the molecule is C=CCCCN(C)C(=NCc1cccc(CN(C)C)c1)NCC.I. The monoisotopic (exact) mass is 444 g/mol. The highest BCUT2D eigenvalue weighted by atomic mass is 127. The number of guanidine groups is 1. The summed E-state index contributed by atoms with van der Waals surface area (Å²) in [6, 6.07) is 8.67. The van der Waals surface area contributed by atoms with Gasteiger partial charge in [0.05, 0.1) is 6.54 Å². The molecule has 0 spiro atoms. The van der Waals surface area contributed by atoms with E-state index < -0.39 is 0 Å². The molecular formula is C19H33IN4. The van der Waals surface area contributed by atoms with Gasteiger partial charge in [0.25, 0.3) is 0 Å². The molecule has 0 aliphatic rings. The summed E-state index contributed by atoms with van der Waals surface area (Å²) in [5.41, 5.74) is 2.58. The first-order valence-electron chi connectivity index (χ1n) is 8.39. The minimum Gasteiger partial charge on any atom is -0.357 e. The molecule has 0 heterocycles. The summed E-state index contributed by atoms with van der Waals surface area (Å²) in [5, 5.41) is 3.37. The van der Waals surface area contributed by atoms with Crippen LogP contribution < -0.4 is 5.32 Å². The van der Waals surface area contributed by atoms with Crippen molar-refractivity contribution in [3.05, 3.63) is 48.0 Å². The molecule has 0 radical (unpaired) electrons. The molecule has 1 N–H and O–H groups in total. The summed E-state index contributed by atoms with van der Waals surface area (Å²) in [5.74, 6) is 0.967. The number of halogens is 1. The van der Waals surface area contributed by atoms with Crippen molar-refractivity contribution in [1.29, 1.82) is 0 Å². The van der Waals surface area contributed by atoms with E-state index in [-0.39, 0.29) is 24.0 Å². The summed E-state index contributed by atoms with van der Waals surface area (Å²) >= 11 is 0. The Morgan fingerprint density at radius 2 is 1.96 bits per heavy atom. The lowest BCUT2D eigenvalue weighted by atomic mass is 10.1. The normalized spacial score (nSPS) is 11.1. The van der Waals surface area contributed by atoms with Crippen LogP contribution >= 0.6 is 24.0 Å². The molecule has 136 valence electrons. The maximum Gasteiger partial charge on any atom is 0.193 e. The van der Waals surface area contributed by atoms with Gasteiger partial charge in [0.1, 0.15) is 0 Å². The molecule has 1 rings (SSSR count). The number of allylic oxidation sites excluding steroid dienone is 1. The van der Waals surface area contributed by atoms with Gasteiger partial charge in [-0.1, -0.05) is 30.3 Å². The number of nitrogens with zero attached hydrogens (tertiary/aromatic N) is 3. The highest BCUT2D eigenvalue weighted by Gasteiger charge is 2.05. The van der Waals surface area contributed by atoms with Crippen LogP contribution in [0.15, 0.2) is 41.9 Å². The molecule has 0 atom stereocenters. The van der Waals surface area contributed by atoms with E-state index in [9.17, 15) is 0 Å². The van der Waals surface area contributed by atoms with Crippen molar-refractivity contribution in [3.8, 4) is 0 Å². The molecule has 0 amide bonds. The molecule has 0 aromatic heterocycles. The molecular weight excluding hydrogens is 411 g/mol. The second kappa shape index (κ2) is 13.2. The average molecular weight is 444 g/mol. The van der Waals surface area contributed by atoms with Crippen LogP contribution in [0.5, 0.6) is 0 Å².